The van der Waals surface area contributed by atoms with E-state index in [0.29, 0.717) is 25.7 Å². The Balaban J connectivity index is 0.816. The zero-order valence-corrected chi connectivity index (χ0v) is 34.8. The number of nitrogens with one attached hydrogen (secondary N) is 3. The van der Waals surface area contributed by atoms with E-state index < -0.39 is 18.2 Å². The van der Waals surface area contributed by atoms with Crippen LogP contribution in [0.25, 0.3) is 11.1 Å². The summed E-state index contributed by atoms with van der Waals surface area (Å²) in [5.74, 6) is 0.250. The Kier molecular flexibility index (Phi) is 9.67. The Bertz CT molecular complexity index is 2090. The van der Waals surface area contributed by atoms with Gasteiger partial charge in [0, 0.05) is 19.0 Å². The van der Waals surface area contributed by atoms with Gasteiger partial charge < -0.3 is 30.3 Å². The maximum atomic E-state index is 14.2. The van der Waals surface area contributed by atoms with Crippen molar-refractivity contribution < 1.29 is 33.4 Å². The van der Waals surface area contributed by atoms with Gasteiger partial charge in [0.25, 0.3) is 0 Å². The minimum atomic E-state index is -0.849. The van der Waals surface area contributed by atoms with Crippen LogP contribution in [0, 0.1) is 52.8 Å². The Hall–Kier alpha value is -5.19. The molecule has 4 amide bonds. The molecular formula is C48H56N4O7. The predicted octanol–water partition coefficient (Wildman–Crippen LogP) is 5.71. The van der Waals surface area contributed by atoms with E-state index in [9.17, 15) is 24.0 Å². The number of amides is 4. The number of nitrogens with zero attached hydrogens (tertiary/aromatic N) is 1. The zero-order valence-electron chi connectivity index (χ0n) is 34.8. The van der Waals surface area contributed by atoms with Gasteiger partial charge in [-0.3, -0.25) is 19.2 Å². The average molecular weight is 801 g/mol. The first-order valence-electron chi connectivity index (χ1n) is 21.5. The van der Waals surface area contributed by atoms with Crippen molar-refractivity contribution in [2.24, 2.45) is 52.8 Å². The van der Waals surface area contributed by atoms with Crippen LogP contribution in [0.2, 0.25) is 0 Å². The lowest BCUT2D eigenvalue weighted by molar-refractivity contribution is -0.607. The highest BCUT2D eigenvalue weighted by Crippen LogP contribution is 3.07. The second-order valence-electron chi connectivity index (χ2n) is 18.5. The molecule has 0 spiro atoms. The largest absolute Gasteiger partial charge is 0.469 e. The molecule has 310 valence electrons. The van der Waals surface area contributed by atoms with Crippen LogP contribution >= 0.6 is 0 Å². The summed E-state index contributed by atoms with van der Waals surface area (Å²) in [6, 6.07) is 24.5. The minimum absolute atomic E-state index is 0.0927. The number of alkyl carbamates (subject to hydrolysis) is 1. The second kappa shape index (κ2) is 14.5. The maximum Gasteiger partial charge on any atom is 0.407 e. The van der Waals surface area contributed by atoms with Gasteiger partial charge in [-0.1, -0.05) is 113 Å². The number of hydrogen-bond donors (Lipinski definition) is 3. The molecule has 11 heteroatoms. The summed E-state index contributed by atoms with van der Waals surface area (Å²) in [4.78, 5) is 69.6. The predicted molar refractivity (Wildman–Crippen MR) is 220 cm³/mol. The molecular weight excluding hydrogens is 745 g/mol. The first kappa shape index (κ1) is 39.3. The van der Waals surface area contributed by atoms with Gasteiger partial charge in [-0.15, -0.1) is 0 Å². The number of hydrogen-bond acceptors (Lipinski definition) is 7. The van der Waals surface area contributed by atoms with E-state index >= 15 is 0 Å². The molecule has 6 saturated carbocycles. The molecule has 0 bridgehead atoms. The number of benzene rings is 3. The first-order chi connectivity index (χ1) is 28.4. The summed E-state index contributed by atoms with van der Waals surface area (Å²) in [5.41, 5.74) is 4.94. The van der Waals surface area contributed by atoms with Crippen LogP contribution in [0.1, 0.15) is 69.6 Å². The highest BCUT2D eigenvalue weighted by molar-refractivity contribution is 5.96. The molecule has 3 aromatic carbocycles. The van der Waals surface area contributed by atoms with Crippen LogP contribution in [0.15, 0.2) is 78.9 Å². The lowest BCUT2D eigenvalue weighted by Gasteiger charge is -3.10. The van der Waals surface area contributed by atoms with Gasteiger partial charge in [-0.2, -0.15) is 0 Å². The van der Waals surface area contributed by atoms with Crippen LogP contribution in [-0.2, 0) is 35.1 Å². The highest BCUT2D eigenvalue weighted by atomic mass is 16.5. The van der Waals surface area contributed by atoms with Crippen LogP contribution in [0.4, 0.5) is 4.79 Å². The van der Waals surface area contributed by atoms with Crippen molar-refractivity contribution in [3.05, 3.63) is 95.6 Å². The molecule has 10 rings (SSSR count). The van der Waals surface area contributed by atoms with Crippen molar-refractivity contribution in [2.75, 3.05) is 20.8 Å². The quantitative estimate of drug-likeness (QED) is 0.149. The zero-order chi connectivity index (χ0) is 41.5. The van der Waals surface area contributed by atoms with Gasteiger partial charge in [0.2, 0.25) is 17.7 Å². The minimum Gasteiger partial charge on any atom is -0.469 e. The Morgan fingerprint density at radius 3 is 1.92 bits per heavy atom. The van der Waals surface area contributed by atoms with Gasteiger partial charge in [0.05, 0.1) is 24.0 Å². The fourth-order valence-corrected chi connectivity index (χ4v) is 13.3. The number of methoxy groups -OCH3 is 1. The van der Waals surface area contributed by atoms with E-state index in [0.717, 1.165) is 27.8 Å². The van der Waals surface area contributed by atoms with E-state index in [1.54, 1.807) is 7.05 Å². The smallest absolute Gasteiger partial charge is 0.407 e. The van der Waals surface area contributed by atoms with Crippen molar-refractivity contribution in [2.45, 2.75) is 83.0 Å². The van der Waals surface area contributed by atoms with E-state index in [1.807, 2.05) is 82.3 Å². The highest BCUT2D eigenvalue weighted by Gasteiger charge is 3.12. The lowest BCUT2D eigenvalue weighted by atomic mass is 8.94. The van der Waals surface area contributed by atoms with E-state index in [4.69, 9.17) is 9.47 Å². The Labute approximate surface area is 346 Å². The molecule has 7 aliphatic rings. The molecule has 0 unspecified atom stereocenters. The molecule has 3 N–H and O–H groups in total. The van der Waals surface area contributed by atoms with Crippen LogP contribution < -0.4 is 16.0 Å². The normalized spacial score (nSPS) is 29.8. The topological polar surface area (TPSA) is 143 Å². The molecule has 11 nitrogen and oxygen atoms in total. The van der Waals surface area contributed by atoms with Gasteiger partial charge in [-0.25, -0.2) is 4.79 Å². The van der Waals surface area contributed by atoms with Gasteiger partial charge in [0.15, 0.2) is 0 Å². The molecule has 0 heterocycles. The molecule has 0 aliphatic heterocycles. The second-order valence-corrected chi connectivity index (χ2v) is 18.5. The van der Waals surface area contributed by atoms with Gasteiger partial charge in [-0.05, 0) is 88.5 Å². The molecule has 4 atom stereocenters. The van der Waals surface area contributed by atoms with Crippen molar-refractivity contribution >= 4 is 29.8 Å². The fraction of sp³-hybridized carbons (Fsp3) is 0.521. The first-order valence-corrected chi connectivity index (χ1v) is 21.5. The van der Waals surface area contributed by atoms with E-state index in [2.05, 4.69) is 40.2 Å². The summed E-state index contributed by atoms with van der Waals surface area (Å²) in [5, 5.41) is 9.66. The summed E-state index contributed by atoms with van der Waals surface area (Å²) < 4.78 is 10.8. The fourth-order valence-electron chi connectivity index (χ4n) is 13.3. The van der Waals surface area contributed by atoms with Gasteiger partial charge >= 0.3 is 12.1 Å². The Morgan fingerprint density at radius 1 is 0.780 bits per heavy atom. The monoisotopic (exact) mass is 800 g/mol. The molecule has 59 heavy (non-hydrogen) atoms. The van der Waals surface area contributed by atoms with Crippen LogP contribution in [-0.4, -0.2) is 79.1 Å². The molecule has 7 aliphatic carbocycles. The number of carbonyl (C=O) groups excluding carboxylic acids is 5. The summed E-state index contributed by atoms with van der Waals surface area (Å²) in [6.07, 6.45) is 1.51. The standard InChI is InChI=1S/C48H56N4O7/c1-7-15-34(50-46(57)59-24-33-31-20-13-11-18-29(31)30-19-12-14-21-32(30)33)43(54)52(5)41(25(2)3)42(53)51-48-38-35-39(48)37-40(48)36(38)47(35,37)45(56)49-28(22-26(4)44(55)58-6)23-27-16-9-8-10-17-27/h8-14,16-21,25-26,28,33-41H,7,15,22-24H2,1-6H3,(H,49,56)(H,50,57)(H,51,53)/t26-,28+,34-,35?,36?,37?,38?,39?,40?,41-,47?,48?/m0/s1. The van der Waals surface area contributed by atoms with E-state index in [-0.39, 0.29) is 101 Å². The average Bonchev–Trinajstić information content (AvgIpc) is 3.55. The van der Waals surface area contributed by atoms with E-state index in [1.165, 1.54) is 12.0 Å². The summed E-state index contributed by atoms with van der Waals surface area (Å²) in [7, 11) is 3.04. The molecule has 0 radical (unpaired) electrons. The van der Waals surface area contributed by atoms with Crippen molar-refractivity contribution in [1.29, 1.82) is 0 Å². The molecule has 6 fully saturated rings. The number of fused-ring (bicyclic) bond motifs is 3. The summed E-state index contributed by atoms with van der Waals surface area (Å²) >= 11 is 0. The number of likely N-dealkylation sites (N-methyl/N-ethyl adjacent to an activating group) is 1. The molecule has 3 aromatic rings. The van der Waals surface area contributed by atoms with Crippen molar-refractivity contribution in [1.82, 2.24) is 20.9 Å². The maximum absolute atomic E-state index is 14.2. The third-order valence-electron chi connectivity index (χ3n) is 15.4. The number of carbonyl (C=O) groups is 5. The lowest BCUT2D eigenvalue weighted by Crippen LogP contribution is -3.16. The Morgan fingerprint density at radius 2 is 1.36 bits per heavy atom. The number of rotatable bonds is 17. The van der Waals surface area contributed by atoms with Crippen molar-refractivity contribution in [3.63, 3.8) is 0 Å². The number of esters is 1. The third-order valence-corrected chi connectivity index (χ3v) is 15.4. The summed E-state index contributed by atoms with van der Waals surface area (Å²) in [6.45, 7) is 7.81. The SMILES string of the molecule is CCC[C@H](NC(=O)OCC1c2ccccc2-c2ccccc21)C(=O)N(C)[C@H](C(=O)NC12C3C4C1C1C2C3C41C(=O)N[C@@H](Cc1ccccc1)C[C@H](C)C(=O)OC)C(C)C. The third kappa shape index (κ3) is 5.47. The van der Waals surface area contributed by atoms with Crippen LogP contribution in [0.5, 0.6) is 0 Å². The van der Waals surface area contributed by atoms with Crippen molar-refractivity contribution in [3.8, 4) is 11.1 Å². The van der Waals surface area contributed by atoms with Gasteiger partial charge in [0.1, 0.15) is 18.7 Å². The number of ether oxygens (including phenoxy) is 2. The van der Waals surface area contributed by atoms with Crippen LogP contribution in [0.3, 0.4) is 0 Å². The molecule has 0 aromatic heterocycles. The molecule has 0 saturated heterocycles.